The molecule has 1 aliphatic rings. The van der Waals surface area contributed by atoms with E-state index in [0.29, 0.717) is 5.92 Å². The van der Waals surface area contributed by atoms with Gasteiger partial charge in [-0.2, -0.15) is 0 Å². The van der Waals surface area contributed by atoms with E-state index in [9.17, 15) is 4.79 Å². The highest BCUT2D eigenvalue weighted by molar-refractivity contribution is 5.89. The van der Waals surface area contributed by atoms with Crippen molar-refractivity contribution in [3.8, 4) is 0 Å². The molecule has 4 heteroatoms. The zero-order chi connectivity index (χ0) is 14.4. The molecular weight excluding hydrogens is 250 g/mol. The first-order valence-electron chi connectivity index (χ1n) is 7.50. The molecule has 1 aromatic carbocycles. The summed E-state index contributed by atoms with van der Waals surface area (Å²) in [5, 5.41) is 6.43. The SMILES string of the molecule is CC(C)CC1CNCCCN1C(=O)Nc1ccccc1. The van der Waals surface area contributed by atoms with E-state index in [1.807, 2.05) is 35.2 Å². The molecule has 4 nitrogen and oxygen atoms in total. The zero-order valence-electron chi connectivity index (χ0n) is 12.4. The fourth-order valence-electron chi connectivity index (χ4n) is 2.67. The average Bonchev–Trinajstić information content (AvgIpc) is 2.64. The van der Waals surface area contributed by atoms with E-state index in [1.54, 1.807) is 0 Å². The smallest absolute Gasteiger partial charge is 0.320 e. The normalized spacial score (nSPS) is 19.8. The number of rotatable bonds is 3. The van der Waals surface area contributed by atoms with Crippen LogP contribution in [-0.2, 0) is 0 Å². The largest absolute Gasteiger partial charge is 0.322 e. The van der Waals surface area contributed by atoms with Gasteiger partial charge < -0.3 is 15.5 Å². The number of urea groups is 1. The van der Waals surface area contributed by atoms with Crippen molar-refractivity contribution in [3.63, 3.8) is 0 Å². The third kappa shape index (κ3) is 4.23. The maximum atomic E-state index is 12.5. The number of benzene rings is 1. The molecule has 0 aromatic heterocycles. The maximum Gasteiger partial charge on any atom is 0.322 e. The second-order valence-electron chi connectivity index (χ2n) is 5.83. The van der Waals surface area contributed by atoms with E-state index >= 15 is 0 Å². The summed E-state index contributed by atoms with van der Waals surface area (Å²) in [6, 6.07) is 9.96. The second kappa shape index (κ2) is 7.29. The van der Waals surface area contributed by atoms with Gasteiger partial charge in [-0.15, -0.1) is 0 Å². The summed E-state index contributed by atoms with van der Waals surface area (Å²) in [6.45, 7) is 7.11. The highest BCUT2D eigenvalue weighted by atomic mass is 16.2. The molecule has 1 saturated heterocycles. The fraction of sp³-hybridized carbons (Fsp3) is 0.562. The Bertz CT molecular complexity index is 419. The minimum absolute atomic E-state index is 0.0190. The molecule has 0 spiro atoms. The highest BCUT2D eigenvalue weighted by Crippen LogP contribution is 2.16. The Labute approximate surface area is 121 Å². The number of para-hydroxylation sites is 1. The van der Waals surface area contributed by atoms with E-state index in [4.69, 9.17) is 0 Å². The van der Waals surface area contributed by atoms with Gasteiger partial charge >= 0.3 is 6.03 Å². The molecule has 2 rings (SSSR count). The maximum absolute atomic E-state index is 12.5. The number of nitrogens with zero attached hydrogens (tertiary/aromatic N) is 1. The van der Waals surface area contributed by atoms with Crippen LogP contribution >= 0.6 is 0 Å². The lowest BCUT2D eigenvalue weighted by Gasteiger charge is -2.31. The summed E-state index contributed by atoms with van der Waals surface area (Å²) < 4.78 is 0. The monoisotopic (exact) mass is 275 g/mol. The van der Waals surface area contributed by atoms with Crippen LogP contribution in [-0.4, -0.2) is 36.6 Å². The van der Waals surface area contributed by atoms with Gasteiger partial charge in [-0.05, 0) is 37.4 Å². The number of nitrogens with one attached hydrogen (secondary N) is 2. The molecule has 20 heavy (non-hydrogen) atoms. The predicted molar refractivity (Wildman–Crippen MR) is 82.9 cm³/mol. The second-order valence-corrected chi connectivity index (χ2v) is 5.83. The molecule has 2 amide bonds. The molecule has 0 aliphatic carbocycles. The van der Waals surface area contributed by atoms with Crippen LogP contribution in [0.25, 0.3) is 0 Å². The van der Waals surface area contributed by atoms with Crippen LogP contribution in [0.3, 0.4) is 0 Å². The lowest BCUT2D eigenvalue weighted by atomic mass is 10.0. The van der Waals surface area contributed by atoms with Crippen molar-refractivity contribution in [2.75, 3.05) is 25.0 Å². The summed E-state index contributed by atoms with van der Waals surface area (Å²) in [7, 11) is 0. The van der Waals surface area contributed by atoms with Crippen molar-refractivity contribution >= 4 is 11.7 Å². The summed E-state index contributed by atoms with van der Waals surface area (Å²) in [5.74, 6) is 0.590. The van der Waals surface area contributed by atoms with Gasteiger partial charge in [0.05, 0.1) is 0 Å². The van der Waals surface area contributed by atoms with Gasteiger partial charge in [0.1, 0.15) is 0 Å². The molecule has 1 aliphatic heterocycles. The average molecular weight is 275 g/mol. The molecule has 1 unspecified atom stereocenters. The van der Waals surface area contributed by atoms with E-state index < -0.39 is 0 Å². The van der Waals surface area contributed by atoms with Crippen molar-refractivity contribution in [1.82, 2.24) is 10.2 Å². The van der Waals surface area contributed by atoms with Crippen LogP contribution in [0.4, 0.5) is 10.5 Å². The summed E-state index contributed by atoms with van der Waals surface area (Å²) >= 11 is 0. The first-order valence-corrected chi connectivity index (χ1v) is 7.50. The van der Waals surface area contributed by atoms with Crippen LogP contribution in [0, 0.1) is 5.92 Å². The van der Waals surface area contributed by atoms with Crippen LogP contribution in [0.15, 0.2) is 30.3 Å². The minimum Gasteiger partial charge on any atom is -0.320 e. The van der Waals surface area contributed by atoms with Gasteiger partial charge in [-0.1, -0.05) is 32.0 Å². The van der Waals surface area contributed by atoms with Crippen molar-refractivity contribution in [2.45, 2.75) is 32.7 Å². The number of amides is 2. The highest BCUT2D eigenvalue weighted by Gasteiger charge is 2.25. The molecule has 0 radical (unpaired) electrons. The lowest BCUT2D eigenvalue weighted by Crippen LogP contribution is -2.46. The quantitative estimate of drug-likeness (QED) is 0.891. The number of hydrogen-bond acceptors (Lipinski definition) is 2. The van der Waals surface area contributed by atoms with Gasteiger partial charge in [0.15, 0.2) is 0 Å². The number of hydrogen-bond donors (Lipinski definition) is 2. The van der Waals surface area contributed by atoms with E-state index in [2.05, 4.69) is 24.5 Å². The van der Waals surface area contributed by atoms with Crippen LogP contribution in [0.1, 0.15) is 26.7 Å². The molecule has 1 heterocycles. The molecule has 2 N–H and O–H groups in total. The van der Waals surface area contributed by atoms with Crippen LogP contribution in [0.2, 0.25) is 0 Å². The number of carbonyl (C=O) groups is 1. The molecule has 1 fully saturated rings. The Morgan fingerprint density at radius 1 is 1.40 bits per heavy atom. The Kier molecular flexibility index (Phi) is 5.41. The molecule has 1 aromatic rings. The van der Waals surface area contributed by atoms with Gasteiger partial charge in [0, 0.05) is 24.8 Å². The molecule has 1 atom stereocenters. The van der Waals surface area contributed by atoms with Crippen molar-refractivity contribution in [3.05, 3.63) is 30.3 Å². The van der Waals surface area contributed by atoms with Gasteiger partial charge in [-0.3, -0.25) is 0 Å². The lowest BCUT2D eigenvalue weighted by molar-refractivity contribution is 0.183. The first kappa shape index (κ1) is 14.9. The van der Waals surface area contributed by atoms with Crippen molar-refractivity contribution < 1.29 is 4.79 Å². The Balaban J connectivity index is 2.03. The minimum atomic E-state index is 0.0190. The van der Waals surface area contributed by atoms with Crippen molar-refractivity contribution in [1.29, 1.82) is 0 Å². The van der Waals surface area contributed by atoms with E-state index in [1.165, 1.54) is 0 Å². The van der Waals surface area contributed by atoms with Gasteiger partial charge in [-0.25, -0.2) is 4.79 Å². The third-order valence-corrected chi connectivity index (χ3v) is 3.60. The van der Waals surface area contributed by atoms with Crippen LogP contribution < -0.4 is 10.6 Å². The summed E-state index contributed by atoms with van der Waals surface area (Å²) in [5.41, 5.74) is 0.859. The summed E-state index contributed by atoms with van der Waals surface area (Å²) in [6.07, 6.45) is 2.05. The Hall–Kier alpha value is -1.55. The molecule has 110 valence electrons. The zero-order valence-corrected chi connectivity index (χ0v) is 12.4. The Morgan fingerprint density at radius 2 is 2.15 bits per heavy atom. The molecule has 0 bridgehead atoms. The van der Waals surface area contributed by atoms with E-state index in [-0.39, 0.29) is 12.1 Å². The standard InChI is InChI=1S/C16H25N3O/c1-13(2)11-15-12-17-9-6-10-19(15)16(20)18-14-7-4-3-5-8-14/h3-5,7-8,13,15,17H,6,9-12H2,1-2H3,(H,18,20). The third-order valence-electron chi connectivity index (χ3n) is 3.60. The molecular formula is C16H25N3O. The van der Waals surface area contributed by atoms with Gasteiger partial charge in [0.25, 0.3) is 0 Å². The predicted octanol–water partition coefficient (Wildman–Crippen LogP) is 2.93. The first-order chi connectivity index (χ1) is 9.66. The Morgan fingerprint density at radius 3 is 2.85 bits per heavy atom. The van der Waals surface area contributed by atoms with Crippen molar-refractivity contribution in [2.24, 2.45) is 5.92 Å². The number of anilines is 1. The molecule has 0 saturated carbocycles. The van der Waals surface area contributed by atoms with E-state index in [0.717, 1.165) is 38.2 Å². The summed E-state index contributed by atoms with van der Waals surface area (Å²) in [4.78, 5) is 14.5. The van der Waals surface area contributed by atoms with Gasteiger partial charge in [0.2, 0.25) is 0 Å². The fourth-order valence-corrected chi connectivity index (χ4v) is 2.67. The van der Waals surface area contributed by atoms with Crippen LogP contribution in [0.5, 0.6) is 0 Å². The topological polar surface area (TPSA) is 44.4 Å². The number of carbonyl (C=O) groups excluding carboxylic acids is 1.